The Hall–Kier alpha value is -5.47. The van der Waals surface area contributed by atoms with Gasteiger partial charge in [-0.15, -0.1) is 0 Å². The van der Waals surface area contributed by atoms with Gasteiger partial charge in [0.05, 0.1) is 0 Å². The molecule has 15 heteroatoms. The smallest absolute Gasteiger partial charge is 0.303 e. The number of hydrogen-bond acceptors (Lipinski definition) is 7. The molecule has 13 N–H and O–H groups in total. The largest absolute Gasteiger partial charge is 0.481 e. The van der Waals surface area contributed by atoms with Crippen LogP contribution in [0.5, 0.6) is 0 Å². The van der Waals surface area contributed by atoms with Crippen LogP contribution >= 0.6 is 0 Å². The summed E-state index contributed by atoms with van der Waals surface area (Å²) in [6, 6.07) is 12.2. The Morgan fingerprint density at radius 1 is 0.814 bits per heavy atom. The molecule has 0 aliphatic carbocycles. The molecule has 0 heterocycles. The highest BCUT2D eigenvalue weighted by molar-refractivity contribution is 6.07. The molecule has 0 saturated heterocycles. The monoisotopic (exact) mass is 595 g/mol. The summed E-state index contributed by atoms with van der Waals surface area (Å²) in [5.74, 6) is -6.10. The number of anilines is 1. The van der Waals surface area contributed by atoms with E-state index in [0.717, 1.165) is 0 Å². The highest BCUT2D eigenvalue weighted by Gasteiger charge is 2.32. The molecule has 0 bridgehead atoms. The van der Waals surface area contributed by atoms with Crippen LogP contribution < -0.4 is 38.9 Å². The first-order valence-corrected chi connectivity index (χ1v) is 13.3. The number of nitrogens with zero attached hydrogens (tertiary/aromatic N) is 1. The van der Waals surface area contributed by atoms with Crippen LogP contribution in [0.3, 0.4) is 0 Å². The van der Waals surface area contributed by atoms with Crippen molar-refractivity contribution in [2.75, 3.05) is 11.9 Å². The topological polar surface area (TPSA) is 282 Å². The first kappa shape index (κ1) is 33.7. The molecule has 4 amide bonds. The lowest BCUT2D eigenvalue weighted by Gasteiger charge is -2.24. The van der Waals surface area contributed by atoms with Crippen molar-refractivity contribution in [2.45, 2.75) is 44.2 Å². The van der Waals surface area contributed by atoms with E-state index >= 15 is 0 Å². The minimum absolute atomic E-state index is 0.0792. The number of rotatable bonds is 17. The number of nitrogens with one attached hydrogen (secondary N) is 4. The van der Waals surface area contributed by atoms with Crippen LogP contribution in [-0.2, 0) is 30.4 Å². The van der Waals surface area contributed by atoms with Crippen LogP contribution in [0.25, 0.3) is 0 Å². The second-order valence-corrected chi connectivity index (χ2v) is 9.63. The zero-order valence-electron chi connectivity index (χ0n) is 23.4. The van der Waals surface area contributed by atoms with Crippen molar-refractivity contribution in [1.82, 2.24) is 10.6 Å². The van der Waals surface area contributed by atoms with Gasteiger partial charge in [-0.1, -0.05) is 42.5 Å². The fourth-order valence-electron chi connectivity index (χ4n) is 3.98. The van der Waals surface area contributed by atoms with Gasteiger partial charge in [-0.25, -0.2) is 0 Å². The van der Waals surface area contributed by atoms with Crippen molar-refractivity contribution in [3.8, 4) is 0 Å². The van der Waals surface area contributed by atoms with Gasteiger partial charge < -0.3 is 44.0 Å². The number of aliphatic imine (C=N–C) groups is 1. The minimum atomic E-state index is -1.41. The summed E-state index contributed by atoms with van der Waals surface area (Å²) in [7, 11) is 0. The number of nitrogens with two attached hydrogens (primary N) is 4. The SMILES string of the molecule is N=C(N)c1ccc(CC(C(=O)Nc2ccccc2)C(=O)N[C@@H](CCC(=O)O)C(=O)N[C@@H](CCCN=C(N)N)C(N)=O)cc1. The fraction of sp³-hybridized carbons (Fsp3) is 0.321. The number of carboxylic acid groups (broad SMARTS) is 1. The highest BCUT2D eigenvalue weighted by Crippen LogP contribution is 2.16. The number of guanidine groups is 1. The van der Waals surface area contributed by atoms with Crippen molar-refractivity contribution < 1.29 is 29.1 Å². The van der Waals surface area contributed by atoms with Crippen LogP contribution in [0.2, 0.25) is 0 Å². The molecular weight excluding hydrogens is 558 g/mol. The molecule has 2 aromatic carbocycles. The van der Waals surface area contributed by atoms with Gasteiger partial charge in [0, 0.05) is 24.2 Å². The van der Waals surface area contributed by atoms with Gasteiger partial charge in [-0.3, -0.25) is 34.4 Å². The molecule has 230 valence electrons. The fourth-order valence-corrected chi connectivity index (χ4v) is 3.98. The lowest BCUT2D eigenvalue weighted by molar-refractivity contribution is -0.139. The van der Waals surface area contributed by atoms with Crippen LogP contribution in [0.4, 0.5) is 5.69 Å². The number of benzene rings is 2. The maximum absolute atomic E-state index is 13.5. The van der Waals surface area contributed by atoms with Crippen molar-refractivity contribution in [3.05, 3.63) is 65.7 Å². The van der Waals surface area contributed by atoms with Crippen molar-refractivity contribution in [2.24, 2.45) is 33.8 Å². The normalized spacial score (nSPS) is 12.6. The zero-order chi connectivity index (χ0) is 31.9. The van der Waals surface area contributed by atoms with E-state index in [0.29, 0.717) is 23.2 Å². The molecule has 0 saturated carbocycles. The summed E-state index contributed by atoms with van der Waals surface area (Å²) in [5.41, 5.74) is 23.0. The van der Waals surface area contributed by atoms with Crippen LogP contribution in [0.1, 0.15) is 36.8 Å². The summed E-state index contributed by atoms with van der Waals surface area (Å²) in [6.07, 6.45) is -0.535. The molecule has 0 fully saturated rings. The Labute approximate surface area is 248 Å². The third kappa shape index (κ3) is 11.9. The molecule has 15 nitrogen and oxygen atoms in total. The van der Waals surface area contributed by atoms with Gasteiger partial charge in [0.15, 0.2) is 5.96 Å². The predicted molar refractivity (Wildman–Crippen MR) is 160 cm³/mol. The summed E-state index contributed by atoms with van der Waals surface area (Å²) in [4.78, 5) is 67.1. The number of carboxylic acids is 1. The second kappa shape index (κ2) is 16.7. The Morgan fingerprint density at radius 2 is 1.44 bits per heavy atom. The van der Waals surface area contributed by atoms with Gasteiger partial charge >= 0.3 is 5.97 Å². The number of carbonyl (C=O) groups excluding carboxylic acids is 4. The predicted octanol–water partition coefficient (Wildman–Crippen LogP) is -0.859. The summed E-state index contributed by atoms with van der Waals surface area (Å²) >= 11 is 0. The van der Waals surface area contributed by atoms with Gasteiger partial charge in [-0.2, -0.15) is 0 Å². The molecule has 0 spiro atoms. The number of hydrogen-bond donors (Lipinski definition) is 9. The second-order valence-electron chi connectivity index (χ2n) is 9.63. The van der Waals surface area contributed by atoms with E-state index in [1.54, 1.807) is 54.6 Å². The molecule has 0 aliphatic heterocycles. The van der Waals surface area contributed by atoms with Gasteiger partial charge in [0.2, 0.25) is 23.6 Å². The van der Waals surface area contributed by atoms with Crippen LogP contribution in [0.15, 0.2) is 59.6 Å². The van der Waals surface area contributed by atoms with Gasteiger partial charge in [-0.05, 0) is 43.4 Å². The van der Waals surface area contributed by atoms with E-state index in [9.17, 15) is 29.1 Å². The van der Waals surface area contributed by atoms with E-state index < -0.39 is 54.0 Å². The molecule has 0 aromatic heterocycles. The number of para-hydroxylation sites is 1. The number of carbonyl (C=O) groups is 5. The number of amidine groups is 1. The Balaban J connectivity index is 2.28. The number of aliphatic carboxylic acids is 1. The number of amides is 4. The summed E-state index contributed by atoms with van der Waals surface area (Å²) < 4.78 is 0. The van der Waals surface area contributed by atoms with Gasteiger partial charge in [0.25, 0.3) is 0 Å². The quantitative estimate of drug-likeness (QED) is 0.0475. The Bertz CT molecular complexity index is 1330. The van der Waals surface area contributed by atoms with E-state index in [4.69, 9.17) is 28.3 Å². The number of primary amides is 1. The summed E-state index contributed by atoms with van der Waals surface area (Å²) in [6.45, 7) is 0.173. The molecular formula is C28H37N9O6. The third-order valence-electron chi connectivity index (χ3n) is 6.26. The molecule has 2 aromatic rings. The maximum Gasteiger partial charge on any atom is 0.303 e. The van der Waals surface area contributed by atoms with E-state index in [1.807, 2.05) is 0 Å². The van der Waals surface area contributed by atoms with Crippen molar-refractivity contribution in [1.29, 1.82) is 5.41 Å². The average Bonchev–Trinajstić information content (AvgIpc) is 2.95. The number of nitrogen functional groups attached to an aromatic ring is 1. The zero-order valence-corrected chi connectivity index (χ0v) is 23.4. The van der Waals surface area contributed by atoms with E-state index in [1.165, 1.54) is 0 Å². The molecule has 0 aliphatic rings. The first-order chi connectivity index (χ1) is 20.4. The Kier molecular flexibility index (Phi) is 13.1. The van der Waals surface area contributed by atoms with Crippen molar-refractivity contribution in [3.63, 3.8) is 0 Å². The standard InChI is InChI=1S/C28H37N9O6/c29-23(30)17-10-8-16(9-11-17)15-19(25(41)35-18-5-2-1-3-6-18)26(42)37-21(12-13-22(38)39)27(43)36-20(24(31)40)7-4-14-34-28(32)33/h1-3,5-6,8-11,19-21H,4,7,12-15H2,(H3,29,30)(H2,31,40)(H,35,41)(H,36,43)(H,37,42)(H,38,39)(H4,32,33,34)/t19?,20-,21-/m0/s1. The minimum Gasteiger partial charge on any atom is -0.481 e. The molecule has 0 radical (unpaired) electrons. The van der Waals surface area contributed by atoms with Gasteiger partial charge in [0.1, 0.15) is 23.8 Å². The molecule has 43 heavy (non-hydrogen) atoms. The van der Waals surface area contributed by atoms with Crippen LogP contribution in [-0.4, -0.2) is 65.1 Å². The lowest BCUT2D eigenvalue weighted by Crippen LogP contribution is -2.54. The Morgan fingerprint density at radius 3 is 2.00 bits per heavy atom. The third-order valence-corrected chi connectivity index (χ3v) is 6.26. The van der Waals surface area contributed by atoms with E-state index in [2.05, 4.69) is 20.9 Å². The lowest BCUT2D eigenvalue weighted by atomic mass is 9.95. The molecule has 1 unspecified atom stereocenters. The van der Waals surface area contributed by atoms with Crippen LogP contribution in [0, 0.1) is 11.3 Å². The molecule has 3 atom stereocenters. The highest BCUT2D eigenvalue weighted by atomic mass is 16.4. The van der Waals surface area contributed by atoms with E-state index in [-0.39, 0.29) is 37.6 Å². The average molecular weight is 596 g/mol. The summed E-state index contributed by atoms with van der Waals surface area (Å²) in [5, 5.41) is 24.4. The first-order valence-electron chi connectivity index (χ1n) is 13.3. The maximum atomic E-state index is 13.5. The molecule has 2 rings (SSSR count). The van der Waals surface area contributed by atoms with Crippen molar-refractivity contribution >= 4 is 47.1 Å².